The Balaban J connectivity index is 0.00000144. The Morgan fingerprint density at radius 3 is 2.82 bits per heavy atom. The summed E-state index contributed by atoms with van der Waals surface area (Å²) in [5, 5.41) is 3.47. The van der Waals surface area contributed by atoms with E-state index in [0.29, 0.717) is 6.04 Å². The van der Waals surface area contributed by atoms with Crippen LogP contribution in [0.4, 0.5) is 0 Å². The van der Waals surface area contributed by atoms with Gasteiger partial charge >= 0.3 is 0 Å². The van der Waals surface area contributed by atoms with E-state index in [2.05, 4.69) is 33.7 Å². The minimum absolute atomic E-state index is 0. The lowest BCUT2D eigenvalue weighted by atomic mass is 10.3. The van der Waals surface area contributed by atoms with E-state index in [9.17, 15) is 0 Å². The van der Waals surface area contributed by atoms with Gasteiger partial charge < -0.3 is 9.88 Å². The summed E-state index contributed by atoms with van der Waals surface area (Å²) in [6.07, 6.45) is 6.58. The standard InChI is InChI=1S/C12H22N4.ClH/c1-10(16(3)11-4-5-11)8-13-9-12-14-6-7-15(12)2;/h6-7,10-11,13H,4-5,8-9H2,1-3H3;1H. The number of hydrogen-bond acceptors (Lipinski definition) is 3. The molecule has 1 aliphatic rings. The number of nitrogens with one attached hydrogen (secondary N) is 1. The number of imidazole rings is 1. The normalized spacial score (nSPS) is 16.9. The number of aromatic nitrogens is 2. The molecule has 0 aromatic carbocycles. The van der Waals surface area contributed by atoms with Crippen LogP contribution in [0, 0.1) is 0 Å². The summed E-state index contributed by atoms with van der Waals surface area (Å²) in [4.78, 5) is 6.77. The Bertz CT molecular complexity index is 335. The summed E-state index contributed by atoms with van der Waals surface area (Å²) in [5.74, 6) is 1.10. The van der Waals surface area contributed by atoms with Crippen molar-refractivity contribution in [3.8, 4) is 0 Å². The molecule has 5 heteroatoms. The maximum atomic E-state index is 4.29. The van der Waals surface area contributed by atoms with Crippen LogP contribution in [0.3, 0.4) is 0 Å². The fourth-order valence-electron chi connectivity index (χ4n) is 1.95. The van der Waals surface area contributed by atoms with Crippen molar-refractivity contribution < 1.29 is 0 Å². The molecule has 1 fully saturated rings. The fraction of sp³-hybridized carbons (Fsp3) is 0.750. The molecule has 1 saturated carbocycles. The monoisotopic (exact) mass is 258 g/mol. The molecule has 0 aliphatic heterocycles. The lowest BCUT2D eigenvalue weighted by Crippen LogP contribution is -2.39. The SMILES string of the molecule is CC(CNCc1nccn1C)N(C)C1CC1.Cl. The van der Waals surface area contributed by atoms with E-state index in [1.165, 1.54) is 12.8 Å². The van der Waals surface area contributed by atoms with Gasteiger partial charge in [-0.15, -0.1) is 12.4 Å². The number of hydrogen-bond donors (Lipinski definition) is 1. The van der Waals surface area contributed by atoms with Gasteiger partial charge in [0.1, 0.15) is 5.82 Å². The number of nitrogens with zero attached hydrogens (tertiary/aromatic N) is 3. The van der Waals surface area contributed by atoms with Crippen molar-refractivity contribution in [3.05, 3.63) is 18.2 Å². The highest BCUT2D eigenvalue weighted by molar-refractivity contribution is 5.85. The molecule has 0 amide bonds. The first-order valence-corrected chi connectivity index (χ1v) is 6.07. The predicted octanol–water partition coefficient (Wildman–Crippen LogP) is 1.41. The van der Waals surface area contributed by atoms with Crippen LogP contribution < -0.4 is 5.32 Å². The first-order chi connectivity index (χ1) is 7.68. The molecule has 1 N–H and O–H groups in total. The van der Waals surface area contributed by atoms with Crippen LogP contribution in [0.2, 0.25) is 0 Å². The quantitative estimate of drug-likeness (QED) is 0.838. The van der Waals surface area contributed by atoms with Gasteiger partial charge in [-0.25, -0.2) is 4.98 Å². The Kier molecular flexibility index (Phi) is 5.43. The third-order valence-corrected chi connectivity index (χ3v) is 3.46. The summed E-state index contributed by atoms with van der Waals surface area (Å²) < 4.78 is 2.06. The molecular weight excluding hydrogens is 236 g/mol. The van der Waals surface area contributed by atoms with Gasteiger partial charge in [0.2, 0.25) is 0 Å². The van der Waals surface area contributed by atoms with Gasteiger partial charge in [0.05, 0.1) is 6.54 Å². The van der Waals surface area contributed by atoms with Gasteiger partial charge in [-0.1, -0.05) is 0 Å². The van der Waals surface area contributed by atoms with Crippen molar-refractivity contribution in [3.63, 3.8) is 0 Å². The molecule has 0 radical (unpaired) electrons. The molecule has 1 aromatic heterocycles. The zero-order chi connectivity index (χ0) is 11.5. The smallest absolute Gasteiger partial charge is 0.122 e. The Labute approximate surface area is 110 Å². The highest BCUT2D eigenvalue weighted by Crippen LogP contribution is 2.26. The van der Waals surface area contributed by atoms with Crippen molar-refractivity contribution in [2.24, 2.45) is 7.05 Å². The number of rotatable bonds is 6. The zero-order valence-electron chi connectivity index (χ0n) is 10.9. The molecule has 0 saturated heterocycles. The lowest BCUT2D eigenvalue weighted by molar-refractivity contribution is 0.240. The zero-order valence-corrected chi connectivity index (χ0v) is 11.7. The van der Waals surface area contributed by atoms with Crippen LogP contribution >= 0.6 is 12.4 Å². The number of likely N-dealkylation sites (N-methyl/N-ethyl adjacent to an activating group) is 1. The van der Waals surface area contributed by atoms with Crippen LogP contribution in [0.25, 0.3) is 0 Å². The van der Waals surface area contributed by atoms with Gasteiger partial charge in [-0.05, 0) is 26.8 Å². The third-order valence-electron chi connectivity index (χ3n) is 3.46. The third kappa shape index (κ3) is 3.98. The molecule has 17 heavy (non-hydrogen) atoms. The molecule has 1 unspecified atom stereocenters. The Morgan fingerprint density at radius 2 is 2.29 bits per heavy atom. The van der Waals surface area contributed by atoms with E-state index >= 15 is 0 Å². The van der Waals surface area contributed by atoms with Crippen molar-refractivity contribution in [2.75, 3.05) is 13.6 Å². The van der Waals surface area contributed by atoms with E-state index in [1.807, 2.05) is 19.4 Å². The first-order valence-electron chi connectivity index (χ1n) is 6.07. The molecule has 98 valence electrons. The van der Waals surface area contributed by atoms with Gasteiger partial charge in [0.15, 0.2) is 0 Å². The highest BCUT2D eigenvalue weighted by Gasteiger charge is 2.28. The van der Waals surface area contributed by atoms with Crippen molar-refractivity contribution in [2.45, 2.75) is 38.4 Å². The average molecular weight is 259 g/mol. The first kappa shape index (κ1) is 14.5. The molecule has 1 aliphatic carbocycles. The van der Waals surface area contributed by atoms with Crippen molar-refractivity contribution >= 4 is 12.4 Å². The van der Waals surface area contributed by atoms with Crippen LogP contribution in [0.5, 0.6) is 0 Å². The molecule has 4 nitrogen and oxygen atoms in total. The van der Waals surface area contributed by atoms with Gasteiger partial charge in [0, 0.05) is 38.1 Å². The molecular formula is C12H23ClN4. The maximum Gasteiger partial charge on any atom is 0.122 e. The van der Waals surface area contributed by atoms with Crippen LogP contribution in [-0.2, 0) is 13.6 Å². The van der Waals surface area contributed by atoms with Gasteiger partial charge in [-0.3, -0.25) is 4.90 Å². The predicted molar refractivity (Wildman–Crippen MR) is 72.4 cm³/mol. The lowest BCUT2D eigenvalue weighted by Gasteiger charge is -2.24. The molecule has 0 spiro atoms. The van der Waals surface area contributed by atoms with Gasteiger partial charge in [-0.2, -0.15) is 0 Å². The average Bonchev–Trinajstić information content (AvgIpc) is 3.03. The van der Waals surface area contributed by atoms with E-state index in [0.717, 1.165) is 25.0 Å². The van der Waals surface area contributed by atoms with Crippen LogP contribution in [0.15, 0.2) is 12.4 Å². The summed E-state index contributed by atoms with van der Waals surface area (Å²) in [5.41, 5.74) is 0. The van der Waals surface area contributed by atoms with E-state index in [4.69, 9.17) is 0 Å². The van der Waals surface area contributed by atoms with E-state index < -0.39 is 0 Å². The minimum Gasteiger partial charge on any atom is -0.337 e. The number of halogens is 1. The van der Waals surface area contributed by atoms with E-state index in [1.54, 1.807) is 0 Å². The summed E-state index contributed by atoms with van der Waals surface area (Å²) >= 11 is 0. The van der Waals surface area contributed by atoms with E-state index in [-0.39, 0.29) is 12.4 Å². The van der Waals surface area contributed by atoms with Crippen LogP contribution in [-0.4, -0.2) is 40.1 Å². The second-order valence-corrected chi connectivity index (χ2v) is 4.83. The van der Waals surface area contributed by atoms with Crippen molar-refractivity contribution in [1.82, 2.24) is 19.8 Å². The topological polar surface area (TPSA) is 33.1 Å². The Morgan fingerprint density at radius 1 is 1.59 bits per heavy atom. The molecule has 2 rings (SSSR count). The minimum atomic E-state index is 0. The van der Waals surface area contributed by atoms with Crippen molar-refractivity contribution in [1.29, 1.82) is 0 Å². The maximum absolute atomic E-state index is 4.29. The number of aryl methyl sites for hydroxylation is 1. The molecule has 0 bridgehead atoms. The second kappa shape index (κ2) is 6.38. The molecule has 1 atom stereocenters. The summed E-state index contributed by atoms with van der Waals surface area (Å²) in [7, 11) is 4.26. The second-order valence-electron chi connectivity index (χ2n) is 4.83. The van der Waals surface area contributed by atoms with Crippen LogP contribution in [0.1, 0.15) is 25.6 Å². The molecule has 1 heterocycles. The van der Waals surface area contributed by atoms with Gasteiger partial charge in [0.25, 0.3) is 0 Å². The largest absolute Gasteiger partial charge is 0.337 e. The summed E-state index contributed by atoms with van der Waals surface area (Å²) in [6.45, 7) is 4.16. The molecule has 1 aromatic rings. The Hall–Kier alpha value is -0.580. The highest BCUT2D eigenvalue weighted by atomic mass is 35.5. The fourth-order valence-corrected chi connectivity index (χ4v) is 1.95. The summed E-state index contributed by atoms with van der Waals surface area (Å²) in [6, 6.07) is 1.44.